The van der Waals surface area contributed by atoms with E-state index < -0.39 is 21.6 Å². The molecule has 1 heterocycles. The summed E-state index contributed by atoms with van der Waals surface area (Å²) < 4.78 is 29.1. The SMILES string of the molecule is O=C(OCCS(=O)(=O)c1ncccc1Cl)c1cccc(Cl)c1. The summed E-state index contributed by atoms with van der Waals surface area (Å²) in [5.41, 5.74) is 0.251. The number of sulfone groups is 1. The van der Waals surface area contributed by atoms with Gasteiger partial charge in [-0.3, -0.25) is 0 Å². The van der Waals surface area contributed by atoms with E-state index in [0.29, 0.717) is 5.02 Å². The molecule has 0 aliphatic rings. The first kappa shape index (κ1) is 16.7. The quantitative estimate of drug-likeness (QED) is 0.767. The predicted molar refractivity (Wildman–Crippen MR) is 83.0 cm³/mol. The molecule has 0 amide bonds. The molecule has 22 heavy (non-hydrogen) atoms. The van der Waals surface area contributed by atoms with E-state index in [4.69, 9.17) is 27.9 Å². The summed E-state index contributed by atoms with van der Waals surface area (Å²) >= 11 is 11.6. The van der Waals surface area contributed by atoms with Gasteiger partial charge in [-0.15, -0.1) is 0 Å². The van der Waals surface area contributed by atoms with Gasteiger partial charge in [0.15, 0.2) is 14.9 Å². The van der Waals surface area contributed by atoms with E-state index in [1.807, 2.05) is 0 Å². The van der Waals surface area contributed by atoms with E-state index in [2.05, 4.69) is 4.98 Å². The first-order chi connectivity index (χ1) is 10.4. The van der Waals surface area contributed by atoms with Crippen molar-refractivity contribution >= 4 is 39.0 Å². The van der Waals surface area contributed by atoms with E-state index in [1.54, 1.807) is 12.1 Å². The lowest BCUT2D eigenvalue weighted by molar-refractivity contribution is 0.0529. The molecular formula is C14H11Cl2NO4S. The zero-order valence-electron chi connectivity index (χ0n) is 11.2. The van der Waals surface area contributed by atoms with Crippen LogP contribution in [0.15, 0.2) is 47.6 Å². The van der Waals surface area contributed by atoms with E-state index in [-0.39, 0.29) is 22.2 Å². The zero-order valence-corrected chi connectivity index (χ0v) is 13.5. The van der Waals surface area contributed by atoms with Crippen LogP contribution in [0, 0.1) is 0 Å². The molecule has 116 valence electrons. The third kappa shape index (κ3) is 4.19. The van der Waals surface area contributed by atoms with E-state index in [1.165, 1.54) is 30.5 Å². The van der Waals surface area contributed by atoms with Crippen molar-refractivity contribution in [3.05, 3.63) is 58.2 Å². The number of halogens is 2. The highest BCUT2D eigenvalue weighted by molar-refractivity contribution is 7.91. The molecule has 1 aromatic heterocycles. The fourth-order valence-electron chi connectivity index (χ4n) is 1.64. The summed E-state index contributed by atoms with van der Waals surface area (Å²) in [7, 11) is -3.72. The Labute approximate surface area is 137 Å². The van der Waals surface area contributed by atoms with Crippen molar-refractivity contribution in [3.63, 3.8) is 0 Å². The summed E-state index contributed by atoms with van der Waals surface area (Å²) in [6, 6.07) is 9.14. The zero-order chi connectivity index (χ0) is 16.2. The number of pyridine rings is 1. The minimum absolute atomic E-state index is 0.0312. The van der Waals surface area contributed by atoms with Crippen molar-refractivity contribution in [2.24, 2.45) is 0 Å². The lowest BCUT2D eigenvalue weighted by atomic mass is 10.2. The van der Waals surface area contributed by atoms with E-state index >= 15 is 0 Å². The molecule has 0 aliphatic carbocycles. The molecule has 1 aromatic carbocycles. The van der Waals surface area contributed by atoms with Crippen molar-refractivity contribution in [1.29, 1.82) is 0 Å². The average Bonchev–Trinajstić information content (AvgIpc) is 2.47. The van der Waals surface area contributed by atoms with Crippen molar-refractivity contribution in [3.8, 4) is 0 Å². The Hall–Kier alpha value is -1.63. The molecule has 0 saturated carbocycles. The lowest BCUT2D eigenvalue weighted by Gasteiger charge is -2.07. The van der Waals surface area contributed by atoms with Crippen LogP contribution in [0.5, 0.6) is 0 Å². The standard InChI is InChI=1S/C14H11Cl2NO4S/c15-11-4-1-3-10(9-11)14(18)21-7-8-22(19,20)13-12(16)5-2-6-17-13/h1-6,9H,7-8H2. The Bertz CT molecular complexity index is 793. The third-order valence-corrected chi connectivity index (χ3v) is 4.94. The number of carbonyl (C=O) groups excluding carboxylic acids is 1. The Morgan fingerprint density at radius 2 is 1.95 bits per heavy atom. The Kier molecular flexibility index (Phi) is 5.39. The van der Waals surface area contributed by atoms with Gasteiger partial charge in [0, 0.05) is 11.2 Å². The van der Waals surface area contributed by atoms with E-state index in [9.17, 15) is 13.2 Å². The van der Waals surface area contributed by atoms with Crippen LogP contribution in [-0.2, 0) is 14.6 Å². The number of rotatable bonds is 5. The van der Waals surface area contributed by atoms with Crippen LogP contribution in [0.4, 0.5) is 0 Å². The molecule has 0 bridgehead atoms. The van der Waals surface area contributed by atoms with Gasteiger partial charge in [0.1, 0.15) is 6.61 Å². The first-order valence-electron chi connectivity index (χ1n) is 6.16. The molecular weight excluding hydrogens is 349 g/mol. The van der Waals surface area contributed by atoms with Crippen LogP contribution in [0.25, 0.3) is 0 Å². The number of hydrogen-bond donors (Lipinski definition) is 0. The van der Waals surface area contributed by atoms with Crippen LogP contribution in [0.3, 0.4) is 0 Å². The molecule has 0 atom stereocenters. The highest BCUT2D eigenvalue weighted by Crippen LogP contribution is 2.19. The molecule has 5 nitrogen and oxygen atoms in total. The van der Waals surface area contributed by atoms with Crippen LogP contribution >= 0.6 is 23.2 Å². The molecule has 2 rings (SSSR count). The molecule has 0 radical (unpaired) electrons. The summed E-state index contributed by atoms with van der Waals surface area (Å²) in [5.74, 6) is -1.06. The first-order valence-corrected chi connectivity index (χ1v) is 8.57. The smallest absolute Gasteiger partial charge is 0.338 e. The van der Waals surface area contributed by atoms with Gasteiger partial charge in [0.25, 0.3) is 0 Å². The topological polar surface area (TPSA) is 73.3 Å². The number of esters is 1. The second-order valence-corrected chi connectivity index (χ2v) is 7.12. The molecule has 0 aliphatic heterocycles. The Morgan fingerprint density at radius 1 is 1.18 bits per heavy atom. The number of aromatic nitrogens is 1. The molecule has 0 spiro atoms. The van der Waals surface area contributed by atoms with Gasteiger partial charge < -0.3 is 4.74 Å². The van der Waals surface area contributed by atoms with Crippen LogP contribution in [0.2, 0.25) is 10.0 Å². The maximum atomic E-state index is 12.1. The van der Waals surface area contributed by atoms with Gasteiger partial charge in [0.2, 0.25) is 0 Å². The number of ether oxygens (including phenoxy) is 1. The highest BCUT2D eigenvalue weighted by Gasteiger charge is 2.20. The van der Waals surface area contributed by atoms with Crippen molar-refractivity contribution < 1.29 is 17.9 Å². The van der Waals surface area contributed by atoms with Crippen molar-refractivity contribution in [2.45, 2.75) is 5.03 Å². The van der Waals surface area contributed by atoms with Crippen LogP contribution < -0.4 is 0 Å². The van der Waals surface area contributed by atoms with Gasteiger partial charge in [-0.2, -0.15) is 0 Å². The Morgan fingerprint density at radius 3 is 2.64 bits per heavy atom. The van der Waals surface area contributed by atoms with Crippen molar-refractivity contribution in [1.82, 2.24) is 4.98 Å². The monoisotopic (exact) mass is 359 g/mol. The van der Waals surface area contributed by atoms with Crippen molar-refractivity contribution in [2.75, 3.05) is 12.4 Å². The summed E-state index contributed by atoms with van der Waals surface area (Å²) in [4.78, 5) is 15.5. The molecule has 0 saturated heterocycles. The number of carbonyl (C=O) groups is 1. The van der Waals surface area contributed by atoms with E-state index in [0.717, 1.165) is 0 Å². The normalized spacial score (nSPS) is 11.2. The minimum atomic E-state index is -3.72. The summed E-state index contributed by atoms with van der Waals surface area (Å²) in [5, 5.41) is 0.196. The Balaban J connectivity index is 1.99. The molecule has 0 fully saturated rings. The number of benzene rings is 1. The second-order valence-electron chi connectivity index (χ2n) is 4.26. The fraction of sp³-hybridized carbons (Fsp3) is 0.143. The molecule has 0 N–H and O–H groups in total. The molecule has 8 heteroatoms. The van der Waals surface area contributed by atoms with Gasteiger partial charge in [-0.25, -0.2) is 18.2 Å². The van der Waals surface area contributed by atoms with Crippen LogP contribution in [0.1, 0.15) is 10.4 Å². The second kappa shape index (κ2) is 7.09. The van der Waals surface area contributed by atoms with Crippen LogP contribution in [-0.4, -0.2) is 31.7 Å². The molecule has 0 unspecified atom stereocenters. The predicted octanol–water partition coefficient (Wildman–Crippen LogP) is 3.02. The van der Waals surface area contributed by atoms with Gasteiger partial charge in [-0.05, 0) is 30.3 Å². The third-order valence-electron chi connectivity index (χ3n) is 2.66. The summed E-state index contributed by atoms with van der Waals surface area (Å²) in [6.07, 6.45) is 1.33. The fourth-order valence-corrected chi connectivity index (χ4v) is 3.39. The summed E-state index contributed by atoms with van der Waals surface area (Å²) in [6.45, 7) is -0.305. The van der Waals surface area contributed by atoms with Gasteiger partial charge in [-0.1, -0.05) is 29.3 Å². The lowest BCUT2D eigenvalue weighted by Crippen LogP contribution is -2.17. The largest absolute Gasteiger partial charge is 0.461 e. The highest BCUT2D eigenvalue weighted by atomic mass is 35.5. The maximum absolute atomic E-state index is 12.1. The number of nitrogens with zero attached hydrogens (tertiary/aromatic N) is 1. The molecule has 2 aromatic rings. The van der Waals surface area contributed by atoms with Gasteiger partial charge in [0.05, 0.1) is 16.3 Å². The average molecular weight is 360 g/mol. The van der Waals surface area contributed by atoms with Gasteiger partial charge >= 0.3 is 5.97 Å². The minimum Gasteiger partial charge on any atom is -0.461 e. The number of hydrogen-bond acceptors (Lipinski definition) is 5. The maximum Gasteiger partial charge on any atom is 0.338 e.